The lowest BCUT2D eigenvalue weighted by Crippen LogP contribution is -2.20. The molecule has 3 rings (SSSR count). The van der Waals surface area contributed by atoms with E-state index in [9.17, 15) is 26.4 Å². The molecule has 164 valence electrons. The summed E-state index contributed by atoms with van der Waals surface area (Å²) in [6, 6.07) is 10.1. The Morgan fingerprint density at radius 1 is 1.16 bits per heavy atom. The number of carbonyl (C=O) groups is 1. The maximum atomic E-state index is 12.7. The summed E-state index contributed by atoms with van der Waals surface area (Å²) in [7, 11) is -2.07. The SMILES string of the molecule is CN1CCCC1=NS(=O)(=O)c1ccc(NC(=O)C=Cc2cccc(C(F)(F)F)c2)cc1. The molecule has 0 radical (unpaired) electrons. The third-order valence-electron chi connectivity index (χ3n) is 4.62. The van der Waals surface area contributed by atoms with Gasteiger partial charge in [0, 0.05) is 31.8 Å². The summed E-state index contributed by atoms with van der Waals surface area (Å²) < 4.78 is 67.0. The fourth-order valence-corrected chi connectivity index (χ4v) is 4.08. The van der Waals surface area contributed by atoms with E-state index in [0.29, 0.717) is 17.9 Å². The standard InChI is InChI=1S/C21H20F3N3O3S/c1-27-13-3-6-19(27)26-31(29,30)18-10-8-17(9-11-18)25-20(28)12-7-15-4-2-5-16(14-15)21(22,23)24/h2,4-5,7-12,14H,3,6,13H2,1H3,(H,25,28). The number of halogens is 3. The Kier molecular flexibility index (Phi) is 6.49. The quantitative estimate of drug-likeness (QED) is 0.692. The Morgan fingerprint density at radius 3 is 2.48 bits per heavy atom. The van der Waals surface area contributed by atoms with Gasteiger partial charge in [-0.05, 0) is 54.5 Å². The zero-order chi connectivity index (χ0) is 22.6. The van der Waals surface area contributed by atoms with E-state index in [4.69, 9.17) is 0 Å². The largest absolute Gasteiger partial charge is 0.416 e. The topological polar surface area (TPSA) is 78.8 Å². The van der Waals surface area contributed by atoms with Gasteiger partial charge in [0.2, 0.25) is 5.91 Å². The number of benzene rings is 2. The van der Waals surface area contributed by atoms with Crippen LogP contribution in [-0.4, -0.2) is 38.7 Å². The van der Waals surface area contributed by atoms with Gasteiger partial charge in [-0.1, -0.05) is 12.1 Å². The van der Waals surface area contributed by atoms with E-state index in [1.54, 1.807) is 11.9 Å². The average Bonchev–Trinajstić information content (AvgIpc) is 3.10. The average molecular weight is 451 g/mol. The number of alkyl halides is 3. The minimum absolute atomic E-state index is 0.00203. The number of anilines is 1. The van der Waals surface area contributed by atoms with Gasteiger partial charge in [0.1, 0.15) is 5.84 Å². The van der Waals surface area contributed by atoms with Crippen LogP contribution < -0.4 is 5.32 Å². The first kappa shape index (κ1) is 22.5. The molecule has 2 aromatic rings. The molecule has 0 unspecified atom stereocenters. The summed E-state index contributed by atoms with van der Waals surface area (Å²) in [4.78, 5) is 13.8. The number of rotatable bonds is 5. The predicted octanol–water partition coefficient (Wildman–Crippen LogP) is 4.17. The van der Waals surface area contributed by atoms with Gasteiger partial charge in [-0.25, -0.2) is 0 Å². The summed E-state index contributed by atoms with van der Waals surface area (Å²) in [5, 5.41) is 2.53. The van der Waals surface area contributed by atoms with E-state index in [0.717, 1.165) is 31.2 Å². The second-order valence-corrected chi connectivity index (χ2v) is 8.58. The van der Waals surface area contributed by atoms with Crippen molar-refractivity contribution in [1.29, 1.82) is 0 Å². The Morgan fingerprint density at radius 2 is 1.87 bits per heavy atom. The summed E-state index contributed by atoms with van der Waals surface area (Å²) >= 11 is 0. The molecule has 0 saturated carbocycles. The van der Waals surface area contributed by atoms with Crippen molar-refractivity contribution < 1.29 is 26.4 Å². The zero-order valence-corrected chi connectivity index (χ0v) is 17.4. The molecule has 1 fully saturated rings. The lowest BCUT2D eigenvalue weighted by Gasteiger charge is -2.11. The highest BCUT2D eigenvalue weighted by Crippen LogP contribution is 2.29. The van der Waals surface area contributed by atoms with Crippen molar-refractivity contribution in [3.8, 4) is 0 Å². The Labute approximate surface area is 178 Å². The third kappa shape index (κ3) is 5.94. The van der Waals surface area contributed by atoms with Crippen LogP contribution in [-0.2, 0) is 21.0 Å². The third-order valence-corrected chi connectivity index (χ3v) is 5.94. The number of nitrogens with one attached hydrogen (secondary N) is 1. The molecule has 0 atom stereocenters. The molecular formula is C21H20F3N3O3S. The van der Waals surface area contributed by atoms with Gasteiger partial charge in [0.05, 0.1) is 10.5 Å². The predicted molar refractivity (Wildman–Crippen MR) is 112 cm³/mol. The van der Waals surface area contributed by atoms with Crippen LogP contribution in [0.4, 0.5) is 18.9 Å². The molecule has 0 spiro atoms. The van der Waals surface area contributed by atoms with Gasteiger partial charge in [-0.3, -0.25) is 4.79 Å². The van der Waals surface area contributed by atoms with E-state index in [1.807, 2.05) is 0 Å². The molecule has 1 amide bonds. The molecule has 6 nitrogen and oxygen atoms in total. The number of nitrogens with zero attached hydrogens (tertiary/aromatic N) is 2. The van der Waals surface area contributed by atoms with E-state index >= 15 is 0 Å². The van der Waals surface area contributed by atoms with Crippen molar-refractivity contribution in [3.63, 3.8) is 0 Å². The first-order valence-corrected chi connectivity index (χ1v) is 10.8. The Hall–Kier alpha value is -3.14. The van der Waals surface area contributed by atoms with Crippen LogP contribution >= 0.6 is 0 Å². The molecule has 1 N–H and O–H groups in total. The van der Waals surface area contributed by atoms with Gasteiger partial charge in [-0.15, -0.1) is 4.40 Å². The van der Waals surface area contributed by atoms with Gasteiger partial charge in [-0.2, -0.15) is 21.6 Å². The number of likely N-dealkylation sites (tertiary alicyclic amines) is 1. The molecule has 31 heavy (non-hydrogen) atoms. The van der Waals surface area contributed by atoms with Crippen molar-refractivity contribution >= 4 is 33.5 Å². The van der Waals surface area contributed by atoms with Crippen molar-refractivity contribution in [3.05, 3.63) is 65.7 Å². The lowest BCUT2D eigenvalue weighted by atomic mass is 10.1. The van der Waals surface area contributed by atoms with Crippen LogP contribution in [0.15, 0.2) is 63.9 Å². The lowest BCUT2D eigenvalue weighted by molar-refractivity contribution is -0.137. The molecular weight excluding hydrogens is 431 g/mol. The number of hydrogen-bond donors (Lipinski definition) is 1. The summed E-state index contributed by atoms with van der Waals surface area (Å²) in [6.07, 6.45) is -0.655. The van der Waals surface area contributed by atoms with Crippen LogP contribution in [0.3, 0.4) is 0 Å². The highest BCUT2D eigenvalue weighted by molar-refractivity contribution is 7.90. The van der Waals surface area contributed by atoms with Crippen LogP contribution in [0.25, 0.3) is 6.08 Å². The first-order valence-electron chi connectivity index (χ1n) is 9.36. The van der Waals surface area contributed by atoms with Crippen molar-refractivity contribution in [1.82, 2.24) is 4.90 Å². The van der Waals surface area contributed by atoms with E-state index in [1.165, 1.54) is 42.5 Å². The molecule has 10 heteroatoms. The van der Waals surface area contributed by atoms with Gasteiger partial charge < -0.3 is 10.2 Å². The highest BCUT2D eigenvalue weighted by Gasteiger charge is 2.30. The minimum Gasteiger partial charge on any atom is -0.362 e. The molecule has 0 aromatic heterocycles. The maximum Gasteiger partial charge on any atom is 0.416 e. The second-order valence-electron chi connectivity index (χ2n) is 6.98. The smallest absolute Gasteiger partial charge is 0.362 e. The number of hydrogen-bond acceptors (Lipinski definition) is 3. The number of sulfonamides is 1. The fourth-order valence-electron chi connectivity index (χ4n) is 2.99. The Balaban J connectivity index is 1.66. The second kappa shape index (κ2) is 8.93. The van der Waals surface area contributed by atoms with Crippen molar-refractivity contribution in [2.75, 3.05) is 18.9 Å². The summed E-state index contributed by atoms with van der Waals surface area (Å²) in [5.74, 6) is -0.0575. The van der Waals surface area contributed by atoms with Gasteiger partial charge in [0.15, 0.2) is 0 Å². The van der Waals surface area contributed by atoms with Crippen molar-refractivity contribution in [2.24, 2.45) is 4.40 Å². The van der Waals surface area contributed by atoms with Gasteiger partial charge in [0.25, 0.3) is 10.0 Å². The molecule has 1 heterocycles. The van der Waals surface area contributed by atoms with Crippen molar-refractivity contribution in [2.45, 2.75) is 23.9 Å². The van der Waals surface area contributed by atoms with Crippen LogP contribution in [0.2, 0.25) is 0 Å². The van der Waals surface area contributed by atoms with E-state index in [2.05, 4.69) is 9.71 Å². The Bertz CT molecular complexity index is 1120. The monoisotopic (exact) mass is 451 g/mol. The van der Waals surface area contributed by atoms with Crippen LogP contribution in [0.1, 0.15) is 24.0 Å². The van der Waals surface area contributed by atoms with E-state index < -0.39 is 27.7 Å². The number of amidine groups is 1. The molecule has 1 saturated heterocycles. The molecule has 1 aliphatic heterocycles. The van der Waals surface area contributed by atoms with Crippen LogP contribution in [0, 0.1) is 0 Å². The van der Waals surface area contributed by atoms with Crippen LogP contribution in [0.5, 0.6) is 0 Å². The summed E-state index contributed by atoms with van der Waals surface area (Å²) in [6.45, 7) is 0.757. The molecule has 2 aromatic carbocycles. The van der Waals surface area contributed by atoms with Gasteiger partial charge >= 0.3 is 6.18 Å². The normalized spacial score (nSPS) is 16.3. The van der Waals surface area contributed by atoms with E-state index in [-0.39, 0.29) is 10.5 Å². The number of carbonyl (C=O) groups excluding carboxylic acids is 1. The molecule has 0 bridgehead atoms. The number of amides is 1. The molecule has 1 aliphatic rings. The minimum atomic E-state index is -4.47. The zero-order valence-electron chi connectivity index (χ0n) is 16.6. The highest BCUT2D eigenvalue weighted by atomic mass is 32.2. The molecule has 0 aliphatic carbocycles. The first-order chi connectivity index (χ1) is 14.5. The maximum absolute atomic E-state index is 12.7. The summed E-state index contributed by atoms with van der Waals surface area (Å²) in [5.41, 5.74) is -0.245. The fraction of sp³-hybridized carbons (Fsp3) is 0.238.